The van der Waals surface area contributed by atoms with Crippen molar-refractivity contribution in [1.82, 2.24) is 5.32 Å². The molecule has 3 aliphatic rings. The molecule has 3 heterocycles. The third kappa shape index (κ3) is 2.02. The summed E-state index contributed by atoms with van der Waals surface area (Å²) in [5.74, 6) is -0.570. The van der Waals surface area contributed by atoms with Crippen molar-refractivity contribution in [2.75, 3.05) is 10.6 Å². The van der Waals surface area contributed by atoms with E-state index in [1.165, 1.54) is 6.07 Å². The SMILES string of the molecule is C[C@H]1CC2c3cc(F)c(Cl)cc3NC2[C@@]2(N1)C(=O)Nc1ccc(Cl)cc12. The maximum absolute atomic E-state index is 14.1. The number of carbonyl (C=O) groups is 1. The summed E-state index contributed by atoms with van der Waals surface area (Å²) in [6.07, 6.45) is 0.788. The largest absolute Gasteiger partial charge is 0.379 e. The number of nitrogens with one attached hydrogen (secondary N) is 3. The number of halogens is 3. The minimum Gasteiger partial charge on any atom is -0.379 e. The molecule has 1 spiro atoms. The lowest BCUT2D eigenvalue weighted by atomic mass is 9.71. The second-order valence-electron chi connectivity index (χ2n) is 7.32. The van der Waals surface area contributed by atoms with E-state index in [1.807, 2.05) is 19.1 Å². The van der Waals surface area contributed by atoms with Crippen molar-refractivity contribution < 1.29 is 9.18 Å². The minimum absolute atomic E-state index is 0.0105. The Balaban J connectivity index is 1.71. The van der Waals surface area contributed by atoms with Gasteiger partial charge in [0.05, 0.1) is 11.1 Å². The van der Waals surface area contributed by atoms with Crippen LogP contribution >= 0.6 is 23.2 Å². The number of carbonyl (C=O) groups excluding carboxylic acids is 1. The zero-order valence-corrected chi connectivity index (χ0v) is 15.4. The van der Waals surface area contributed by atoms with Crippen LogP contribution in [-0.4, -0.2) is 18.0 Å². The van der Waals surface area contributed by atoms with Crippen molar-refractivity contribution in [3.63, 3.8) is 0 Å². The molecule has 3 aliphatic heterocycles. The van der Waals surface area contributed by atoms with Gasteiger partial charge in [-0.15, -0.1) is 0 Å². The Bertz CT molecular complexity index is 966. The Labute approximate surface area is 160 Å². The van der Waals surface area contributed by atoms with Gasteiger partial charge in [0.1, 0.15) is 11.4 Å². The van der Waals surface area contributed by atoms with Crippen molar-refractivity contribution in [1.29, 1.82) is 0 Å². The van der Waals surface area contributed by atoms with Gasteiger partial charge in [-0.25, -0.2) is 4.39 Å². The maximum atomic E-state index is 14.1. The molecular weight excluding hydrogens is 376 g/mol. The van der Waals surface area contributed by atoms with Gasteiger partial charge in [0.2, 0.25) is 0 Å². The van der Waals surface area contributed by atoms with Gasteiger partial charge in [0.15, 0.2) is 0 Å². The lowest BCUT2D eigenvalue weighted by Gasteiger charge is -2.45. The van der Waals surface area contributed by atoms with Crippen LogP contribution in [0.2, 0.25) is 10.0 Å². The fourth-order valence-corrected chi connectivity index (χ4v) is 5.12. The van der Waals surface area contributed by atoms with Crippen LogP contribution in [0, 0.1) is 5.82 Å². The molecule has 0 bridgehead atoms. The first-order valence-electron chi connectivity index (χ1n) is 8.55. The van der Waals surface area contributed by atoms with E-state index in [0.717, 1.165) is 28.9 Å². The summed E-state index contributed by atoms with van der Waals surface area (Å²) in [7, 11) is 0. The number of anilines is 2. The molecule has 4 nitrogen and oxygen atoms in total. The summed E-state index contributed by atoms with van der Waals surface area (Å²) in [4.78, 5) is 13.1. The second kappa shape index (κ2) is 5.35. The van der Waals surface area contributed by atoms with Crippen LogP contribution in [0.25, 0.3) is 0 Å². The highest BCUT2D eigenvalue weighted by Crippen LogP contribution is 2.53. The van der Waals surface area contributed by atoms with Crippen LogP contribution in [0.15, 0.2) is 30.3 Å². The third-order valence-corrected chi connectivity index (χ3v) is 6.29. The van der Waals surface area contributed by atoms with E-state index in [1.54, 1.807) is 12.1 Å². The highest BCUT2D eigenvalue weighted by molar-refractivity contribution is 6.31. The van der Waals surface area contributed by atoms with Crippen LogP contribution in [0.4, 0.5) is 15.8 Å². The highest BCUT2D eigenvalue weighted by Gasteiger charge is 2.60. The van der Waals surface area contributed by atoms with Gasteiger partial charge in [0, 0.05) is 33.9 Å². The number of hydrogen-bond acceptors (Lipinski definition) is 3. The van der Waals surface area contributed by atoms with Gasteiger partial charge in [-0.2, -0.15) is 0 Å². The zero-order chi connectivity index (χ0) is 18.2. The standard InChI is InChI=1S/C19H16Cl2FN3O/c1-8-4-11-10-6-14(22)13(21)7-16(10)23-17(11)19(25-8)12-5-9(20)2-3-15(12)24-18(19)26/h2-3,5-8,11,17,23,25H,4H2,1H3,(H,24,26)/t8-,11?,17?,19+/m0/s1. The Morgan fingerprint density at radius 2 is 2.00 bits per heavy atom. The van der Waals surface area contributed by atoms with Crippen molar-refractivity contribution >= 4 is 40.5 Å². The smallest absolute Gasteiger partial charge is 0.251 e. The number of rotatable bonds is 0. The number of amides is 1. The van der Waals surface area contributed by atoms with E-state index in [4.69, 9.17) is 23.2 Å². The molecule has 0 saturated carbocycles. The summed E-state index contributed by atoms with van der Waals surface area (Å²) >= 11 is 12.2. The average molecular weight is 392 g/mol. The van der Waals surface area contributed by atoms with Gasteiger partial charge < -0.3 is 10.6 Å². The summed E-state index contributed by atoms with van der Waals surface area (Å²) < 4.78 is 14.1. The van der Waals surface area contributed by atoms with Crippen LogP contribution in [0.3, 0.4) is 0 Å². The molecule has 1 fully saturated rings. The summed E-state index contributed by atoms with van der Waals surface area (Å²) in [6.45, 7) is 2.04. The molecule has 5 rings (SSSR count). The molecule has 0 aromatic heterocycles. The fraction of sp³-hybridized carbons (Fsp3) is 0.316. The first-order valence-corrected chi connectivity index (χ1v) is 9.30. The molecule has 26 heavy (non-hydrogen) atoms. The molecule has 2 unspecified atom stereocenters. The number of piperidine rings is 1. The summed E-state index contributed by atoms with van der Waals surface area (Å²) in [5.41, 5.74) is 2.26. The van der Waals surface area contributed by atoms with E-state index in [0.29, 0.717) is 5.02 Å². The first-order chi connectivity index (χ1) is 12.4. The van der Waals surface area contributed by atoms with E-state index < -0.39 is 11.4 Å². The van der Waals surface area contributed by atoms with Crippen molar-refractivity contribution in [3.05, 3.63) is 57.3 Å². The van der Waals surface area contributed by atoms with Crippen LogP contribution in [-0.2, 0) is 10.3 Å². The molecular formula is C19H16Cl2FN3O. The highest BCUT2D eigenvalue weighted by atomic mass is 35.5. The molecule has 7 heteroatoms. The van der Waals surface area contributed by atoms with Crippen molar-refractivity contribution in [3.8, 4) is 0 Å². The van der Waals surface area contributed by atoms with Crippen LogP contribution in [0.5, 0.6) is 0 Å². The molecule has 0 aliphatic carbocycles. The molecule has 1 amide bonds. The Morgan fingerprint density at radius 1 is 1.19 bits per heavy atom. The monoisotopic (exact) mass is 391 g/mol. The van der Waals surface area contributed by atoms with Crippen LogP contribution < -0.4 is 16.0 Å². The molecule has 1 saturated heterocycles. The summed E-state index contributed by atoms with van der Waals surface area (Å²) in [5, 5.41) is 10.5. The van der Waals surface area contributed by atoms with E-state index >= 15 is 0 Å². The van der Waals surface area contributed by atoms with Crippen molar-refractivity contribution in [2.24, 2.45) is 0 Å². The predicted molar refractivity (Wildman–Crippen MR) is 101 cm³/mol. The Kier molecular flexibility index (Phi) is 3.36. The number of benzene rings is 2. The molecule has 3 N–H and O–H groups in total. The Morgan fingerprint density at radius 3 is 2.81 bits per heavy atom. The normalized spacial score (nSPS) is 31.2. The van der Waals surface area contributed by atoms with Crippen LogP contribution in [0.1, 0.15) is 30.4 Å². The molecule has 134 valence electrons. The molecule has 0 radical (unpaired) electrons. The predicted octanol–water partition coefficient (Wildman–Crippen LogP) is 4.24. The maximum Gasteiger partial charge on any atom is 0.251 e. The number of fused-ring (bicyclic) bond motifs is 6. The van der Waals surface area contributed by atoms with Crippen molar-refractivity contribution in [2.45, 2.75) is 36.9 Å². The summed E-state index contributed by atoms with van der Waals surface area (Å²) in [6, 6.07) is 8.31. The van der Waals surface area contributed by atoms with Gasteiger partial charge >= 0.3 is 0 Å². The lowest BCUT2D eigenvalue weighted by Crippen LogP contribution is -2.65. The minimum atomic E-state index is -0.968. The first kappa shape index (κ1) is 16.4. The molecule has 2 aromatic rings. The second-order valence-corrected chi connectivity index (χ2v) is 8.16. The molecule has 2 aromatic carbocycles. The average Bonchev–Trinajstić information content (AvgIpc) is 3.06. The zero-order valence-electron chi connectivity index (χ0n) is 13.9. The fourth-order valence-electron chi connectivity index (χ4n) is 4.78. The van der Waals surface area contributed by atoms with E-state index in [9.17, 15) is 9.18 Å². The Hall–Kier alpha value is -1.82. The van der Waals surface area contributed by atoms with Gasteiger partial charge in [-0.3, -0.25) is 10.1 Å². The quantitative estimate of drug-likeness (QED) is 0.629. The van der Waals surface area contributed by atoms with E-state index in [-0.39, 0.29) is 28.9 Å². The van der Waals surface area contributed by atoms with E-state index in [2.05, 4.69) is 16.0 Å². The van der Waals surface area contributed by atoms with Gasteiger partial charge in [-0.1, -0.05) is 23.2 Å². The number of hydrogen-bond donors (Lipinski definition) is 3. The van der Waals surface area contributed by atoms with Gasteiger partial charge in [-0.05, 0) is 49.2 Å². The van der Waals surface area contributed by atoms with Gasteiger partial charge in [0.25, 0.3) is 5.91 Å². The third-order valence-electron chi connectivity index (χ3n) is 5.77. The topological polar surface area (TPSA) is 53.2 Å². The lowest BCUT2D eigenvalue weighted by molar-refractivity contribution is -0.124. The molecule has 4 atom stereocenters.